The molecule has 0 spiro atoms. The molecular weight excluding hydrogens is 214 g/mol. The Labute approximate surface area is 90.9 Å². The lowest BCUT2D eigenvalue weighted by atomic mass is 10.1. The maximum atomic E-state index is 11.6. The summed E-state index contributed by atoms with van der Waals surface area (Å²) in [5.41, 5.74) is 0.574. The maximum Gasteiger partial charge on any atom is 0.261 e. The van der Waals surface area contributed by atoms with Crippen LogP contribution in [0.15, 0.2) is 29.1 Å². The third-order valence-electron chi connectivity index (χ3n) is 2.34. The minimum atomic E-state index is -0.306. The summed E-state index contributed by atoms with van der Waals surface area (Å²) in [6.45, 7) is 0. The van der Waals surface area contributed by atoms with E-state index in [1.165, 1.54) is 4.57 Å². The van der Waals surface area contributed by atoms with Gasteiger partial charge in [0.2, 0.25) is 0 Å². The topological polar surface area (TPSA) is 39.1 Å². The number of aryl methyl sites for hydroxylation is 1. The number of aromatic nitrogens is 1. The molecule has 0 atom stereocenters. The number of aldehydes is 1. The van der Waals surface area contributed by atoms with E-state index in [1.807, 2.05) is 0 Å². The lowest BCUT2D eigenvalue weighted by molar-refractivity contribution is 0.112. The summed E-state index contributed by atoms with van der Waals surface area (Å²) >= 11 is 5.83. The lowest BCUT2D eigenvalue weighted by Gasteiger charge is -2.05. The van der Waals surface area contributed by atoms with Gasteiger partial charge in [-0.2, -0.15) is 0 Å². The fourth-order valence-corrected chi connectivity index (χ4v) is 1.71. The number of halogens is 1. The second-order valence-electron chi connectivity index (χ2n) is 3.28. The van der Waals surface area contributed by atoms with Crippen molar-refractivity contribution in [1.29, 1.82) is 0 Å². The number of carbonyl (C=O) groups excluding carboxylic acids is 1. The number of rotatable bonds is 1. The summed E-state index contributed by atoms with van der Waals surface area (Å²) in [5.74, 6) is 0. The molecule has 15 heavy (non-hydrogen) atoms. The number of benzene rings is 1. The highest BCUT2D eigenvalue weighted by atomic mass is 35.5. The molecule has 0 aliphatic heterocycles. The van der Waals surface area contributed by atoms with Crippen molar-refractivity contribution in [2.24, 2.45) is 7.05 Å². The first-order valence-corrected chi connectivity index (χ1v) is 4.76. The Morgan fingerprint density at radius 2 is 2.07 bits per heavy atom. The quantitative estimate of drug-likeness (QED) is 0.691. The van der Waals surface area contributed by atoms with Crippen molar-refractivity contribution in [1.82, 2.24) is 4.57 Å². The number of pyridine rings is 1. The molecule has 0 bridgehead atoms. The van der Waals surface area contributed by atoms with E-state index in [9.17, 15) is 9.59 Å². The van der Waals surface area contributed by atoms with Gasteiger partial charge in [0.1, 0.15) is 0 Å². The van der Waals surface area contributed by atoms with Crippen molar-refractivity contribution < 1.29 is 4.79 Å². The zero-order chi connectivity index (χ0) is 11.0. The van der Waals surface area contributed by atoms with Gasteiger partial charge in [-0.05, 0) is 23.6 Å². The van der Waals surface area contributed by atoms with Gasteiger partial charge >= 0.3 is 0 Å². The highest BCUT2D eigenvalue weighted by Gasteiger charge is 2.05. The first kappa shape index (κ1) is 9.93. The number of carbonyl (C=O) groups is 1. The van der Waals surface area contributed by atoms with E-state index in [2.05, 4.69) is 0 Å². The average molecular weight is 222 g/mol. The van der Waals surface area contributed by atoms with Gasteiger partial charge in [-0.25, -0.2) is 0 Å². The van der Waals surface area contributed by atoms with Crippen molar-refractivity contribution in [3.8, 4) is 0 Å². The molecule has 3 nitrogen and oxygen atoms in total. The zero-order valence-corrected chi connectivity index (χ0v) is 8.78. The van der Waals surface area contributed by atoms with Gasteiger partial charge < -0.3 is 4.57 Å². The van der Waals surface area contributed by atoms with Crippen LogP contribution in [0.25, 0.3) is 10.9 Å². The van der Waals surface area contributed by atoms with E-state index >= 15 is 0 Å². The summed E-state index contributed by atoms with van der Waals surface area (Å²) in [6, 6.07) is 6.78. The molecule has 1 heterocycles. The predicted molar refractivity (Wildman–Crippen MR) is 59.6 cm³/mol. The number of hydrogen-bond donors (Lipinski definition) is 0. The lowest BCUT2D eigenvalue weighted by Crippen LogP contribution is -2.20. The first-order chi connectivity index (χ1) is 7.13. The van der Waals surface area contributed by atoms with E-state index < -0.39 is 0 Å². The van der Waals surface area contributed by atoms with Gasteiger partial charge in [0.15, 0.2) is 6.29 Å². The molecule has 0 unspecified atom stereocenters. The van der Waals surface area contributed by atoms with Crippen LogP contribution < -0.4 is 5.56 Å². The van der Waals surface area contributed by atoms with Crippen molar-refractivity contribution in [2.45, 2.75) is 0 Å². The minimum Gasteiger partial charge on any atom is -0.311 e. The third kappa shape index (κ3) is 1.55. The van der Waals surface area contributed by atoms with Crippen LogP contribution in [0.2, 0.25) is 5.02 Å². The Hall–Kier alpha value is -1.61. The Bertz CT molecular complexity index is 601. The van der Waals surface area contributed by atoms with Gasteiger partial charge in [0.25, 0.3) is 5.56 Å². The van der Waals surface area contributed by atoms with Gasteiger partial charge in [0, 0.05) is 12.1 Å². The van der Waals surface area contributed by atoms with Crippen LogP contribution in [0.1, 0.15) is 10.4 Å². The van der Waals surface area contributed by atoms with Gasteiger partial charge in [-0.1, -0.05) is 17.7 Å². The second-order valence-corrected chi connectivity index (χ2v) is 3.72. The van der Waals surface area contributed by atoms with E-state index in [4.69, 9.17) is 11.6 Å². The molecule has 2 aromatic rings. The van der Waals surface area contributed by atoms with Crippen molar-refractivity contribution >= 4 is 28.8 Å². The molecule has 1 aromatic heterocycles. The molecule has 76 valence electrons. The van der Waals surface area contributed by atoms with Gasteiger partial charge in [0.05, 0.1) is 11.1 Å². The molecule has 0 saturated heterocycles. The highest BCUT2D eigenvalue weighted by molar-refractivity contribution is 6.31. The van der Waals surface area contributed by atoms with Crippen molar-refractivity contribution in [2.75, 3.05) is 0 Å². The van der Waals surface area contributed by atoms with E-state index in [1.54, 1.807) is 31.3 Å². The molecular formula is C11H8ClNO2. The summed E-state index contributed by atoms with van der Waals surface area (Å²) < 4.78 is 1.42. The van der Waals surface area contributed by atoms with Crippen LogP contribution in [0.3, 0.4) is 0 Å². The fourth-order valence-electron chi connectivity index (χ4n) is 1.55. The third-order valence-corrected chi connectivity index (χ3v) is 2.58. The maximum absolute atomic E-state index is 11.6. The average Bonchev–Trinajstić information content (AvgIpc) is 2.24. The Morgan fingerprint density at radius 3 is 2.73 bits per heavy atom. The molecule has 0 fully saturated rings. The summed E-state index contributed by atoms with van der Waals surface area (Å²) in [4.78, 5) is 22.3. The summed E-state index contributed by atoms with van der Waals surface area (Å²) in [7, 11) is 1.62. The van der Waals surface area contributed by atoms with E-state index in [-0.39, 0.29) is 11.1 Å². The standard InChI is InChI=1S/C11H8ClNO2/c1-13-10-5-9(12)3-2-7(10)4-8(6-14)11(13)15/h2-6H,1H3. The molecule has 0 radical (unpaired) electrons. The van der Waals surface area contributed by atoms with Crippen LogP contribution >= 0.6 is 11.6 Å². The summed E-state index contributed by atoms with van der Waals surface area (Å²) in [6.07, 6.45) is 0.566. The Balaban J connectivity index is 2.97. The minimum absolute atomic E-state index is 0.160. The van der Waals surface area contributed by atoms with Crippen molar-refractivity contribution in [3.63, 3.8) is 0 Å². The SMILES string of the molecule is Cn1c(=O)c(C=O)cc2ccc(Cl)cc21. The predicted octanol–water partition coefficient (Wildman–Crippen LogP) is 2.00. The number of hydrogen-bond acceptors (Lipinski definition) is 2. The molecule has 2 rings (SSSR count). The second kappa shape index (κ2) is 3.51. The summed E-state index contributed by atoms with van der Waals surface area (Å²) in [5, 5.41) is 1.39. The number of fused-ring (bicyclic) bond motifs is 1. The molecule has 0 saturated carbocycles. The van der Waals surface area contributed by atoms with Crippen LogP contribution in [0, 0.1) is 0 Å². The highest BCUT2D eigenvalue weighted by Crippen LogP contribution is 2.17. The Kier molecular flexibility index (Phi) is 2.32. The molecule has 0 amide bonds. The van der Waals surface area contributed by atoms with Gasteiger partial charge in [-0.3, -0.25) is 9.59 Å². The fraction of sp³-hybridized carbons (Fsp3) is 0.0909. The molecule has 4 heteroatoms. The van der Waals surface area contributed by atoms with Crippen molar-refractivity contribution in [3.05, 3.63) is 45.2 Å². The molecule has 0 aliphatic carbocycles. The first-order valence-electron chi connectivity index (χ1n) is 4.38. The van der Waals surface area contributed by atoms with Crippen LogP contribution in [0.5, 0.6) is 0 Å². The van der Waals surface area contributed by atoms with Crippen LogP contribution in [-0.4, -0.2) is 10.9 Å². The Morgan fingerprint density at radius 1 is 1.33 bits per heavy atom. The molecule has 0 N–H and O–H groups in total. The number of nitrogens with zero attached hydrogens (tertiary/aromatic N) is 1. The smallest absolute Gasteiger partial charge is 0.261 e. The normalized spacial score (nSPS) is 10.5. The largest absolute Gasteiger partial charge is 0.311 e. The monoisotopic (exact) mass is 221 g/mol. The zero-order valence-electron chi connectivity index (χ0n) is 8.03. The van der Waals surface area contributed by atoms with Crippen LogP contribution in [-0.2, 0) is 7.05 Å². The van der Waals surface area contributed by atoms with Crippen LogP contribution in [0.4, 0.5) is 0 Å². The van der Waals surface area contributed by atoms with E-state index in [0.717, 1.165) is 10.9 Å². The molecule has 1 aromatic carbocycles. The van der Waals surface area contributed by atoms with E-state index in [0.29, 0.717) is 11.3 Å². The van der Waals surface area contributed by atoms with Gasteiger partial charge in [-0.15, -0.1) is 0 Å². The molecule has 0 aliphatic rings.